The SMILES string of the molecule is COc1cccc(CNC(=O)C2CCCC(N)C2)c1OC.Cl. The summed E-state index contributed by atoms with van der Waals surface area (Å²) in [4.78, 5) is 12.2. The third-order valence-electron chi connectivity index (χ3n) is 4.02. The van der Waals surface area contributed by atoms with Gasteiger partial charge in [0.1, 0.15) is 0 Å². The van der Waals surface area contributed by atoms with Crippen molar-refractivity contribution >= 4 is 18.3 Å². The van der Waals surface area contributed by atoms with Gasteiger partial charge in [-0.25, -0.2) is 0 Å². The molecule has 1 fully saturated rings. The summed E-state index contributed by atoms with van der Waals surface area (Å²) < 4.78 is 10.6. The molecule has 6 heteroatoms. The number of halogens is 1. The van der Waals surface area contributed by atoms with Gasteiger partial charge in [-0.15, -0.1) is 12.4 Å². The van der Waals surface area contributed by atoms with Gasteiger partial charge >= 0.3 is 0 Å². The Morgan fingerprint density at radius 3 is 2.73 bits per heavy atom. The molecule has 1 aliphatic rings. The van der Waals surface area contributed by atoms with Gasteiger partial charge in [-0.2, -0.15) is 0 Å². The van der Waals surface area contributed by atoms with Crippen LogP contribution in [-0.2, 0) is 11.3 Å². The third kappa shape index (κ3) is 4.52. The Kier molecular flexibility index (Phi) is 7.48. The zero-order valence-electron chi connectivity index (χ0n) is 13.1. The van der Waals surface area contributed by atoms with E-state index in [-0.39, 0.29) is 30.3 Å². The molecule has 0 heterocycles. The molecule has 0 bridgehead atoms. The number of rotatable bonds is 5. The highest BCUT2D eigenvalue weighted by Crippen LogP contribution is 2.30. The molecule has 1 aliphatic carbocycles. The van der Waals surface area contributed by atoms with E-state index in [2.05, 4.69) is 5.32 Å². The van der Waals surface area contributed by atoms with Crippen LogP contribution in [0.4, 0.5) is 0 Å². The molecule has 1 saturated carbocycles. The Bertz CT molecular complexity index is 496. The maximum Gasteiger partial charge on any atom is 0.223 e. The Labute approximate surface area is 138 Å². The molecule has 1 amide bonds. The van der Waals surface area contributed by atoms with Gasteiger partial charge in [0.25, 0.3) is 0 Å². The quantitative estimate of drug-likeness (QED) is 0.869. The van der Waals surface area contributed by atoms with Gasteiger partial charge in [-0.05, 0) is 25.3 Å². The monoisotopic (exact) mass is 328 g/mol. The van der Waals surface area contributed by atoms with Crippen molar-refractivity contribution in [3.05, 3.63) is 23.8 Å². The Balaban J connectivity index is 0.00000242. The van der Waals surface area contributed by atoms with Crippen LogP contribution >= 0.6 is 12.4 Å². The van der Waals surface area contributed by atoms with Crippen LogP contribution < -0.4 is 20.5 Å². The number of carbonyl (C=O) groups is 1. The van der Waals surface area contributed by atoms with Crippen molar-refractivity contribution in [1.82, 2.24) is 5.32 Å². The van der Waals surface area contributed by atoms with Crippen molar-refractivity contribution in [3.8, 4) is 11.5 Å². The molecule has 0 aromatic heterocycles. The Morgan fingerprint density at radius 1 is 1.32 bits per heavy atom. The first kappa shape index (κ1) is 18.6. The number of methoxy groups -OCH3 is 2. The van der Waals surface area contributed by atoms with Crippen molar-refractivity contribution in [3.63, 3.8) is 0 Å². The van der Waals surface area contributed by atoms with Crippen LogP contribution in [0.3, 0.4) is 0 Å². The van der Waals surface area contributed by atoms with Crippen LogP contribution in [0.25, 0.3) is 0 Å². The van der Waals surface area contributed by atoms with E-state index in [0.29, 0.717) is 18.0 Å². The first-order valence-corrected chi connectivity index (χ1v) is 7.38. The third-order valence-corrected chi connectivity index (χ3v) is 4.02. The molecule has 0 saturated heterocycles. The first-order valence-electron chi connectivity index (χ1n) is 7.38. The minimum absolute atomic E-state index is 0. The van der Waals surface area contributed by atoms with Crippen LogP contribution in [0.1, 0.15) is 31.2 Å². The molecule has 22 heavy (non-hydrogen) atoms. The molecule has 0 aliphatic heterocycles. The van der Waals surface area contributed by atoms with Crippen LogP contribution in [0.2, 0.25) is 0 Å². The van der Waals surface area contributed by atoms with Gasteiger partial charge in [-0.3, -0.25) is 4.79 Å². The van der Waals surface area contributed by atoms with E-state index in [0.717, 1.165) is 31.2 Å². The van der Waals surface area contributed by atoms with E-state index < -0.39 is 0 Å². The largest absolute Gasteiger partial charge is 0.493 e. The van der Waals surface area contributed by atoms with Crippen LogP contribution in [-0.4, -0.2) is 26.2 Å². The van der Waals surface area contributed by atoms with Crippen LogP contribution in [0.5, 0.6) is 11.5 Å². The van der Waals surface area contributed by atoms with Crippen LogP contribution in [0.15, 0.2) is 18.2 Å². The maximum absolute atomic E-state index is 12.2. The molecule has 2 rings (SSSR count). The fourth-order valence-electron chi connectivity index (χ4n) is 2.89. The predicted octanol–water partition coefficient (Wildman–Crippen LogP) is 2.26. The number of benzene rings is 1. The van der Waals surface area contributed by atoms with Gasteiger partial charge in [0, 0.05) is 24.1 Å². The van der Waals surface area contributed by atoms with Crippen LogP contribution in [0, 0.1) is 5.92 Å². The van der Waals surface area contributed by atoms with Gasteiger partial charge in [0.15, 0.2) is 11.5 Å². The maximum atomic E-state index is 12.2. The van der Waals surface area contributed by atoms with E-state index in [1.165, 1.54) is 0 Å². The summed E-state index contributed by atoms with van der Waals surface area (Å²) in [5, 5.41) is 2.99. The zero-order chi connectivity index (χ0) is 15.2. The Morgan fingerprint density at radius 2 is 2.09 bits per heavy atom. The van der Waals surface area contributed by atoms with Gasteiger partial charge in [-0.1, -0.05) is 18.6 Å². The molecule has 0 spiro atoms. The van der Waals surface area contributed by atoms with Gasteiger partial charge in [0.05, 0.1) is 14.2 Å². The smallest absolute Gasteiger partial charge is 0.223 e. The number of amides is 1. The molecule has 124 valence electrons. The summed E-state index contributed by atoms with van der Waals surface area (Å²) in [7, 11) is 3.20. The topological polar surface area (TPSA) is 73.6 Å². The van der Waals surface area contributed by atoms with Crippen molar-refractivity contribution < 1.29 is 14.3 Å². The summed E-state index contributed by atoms with van der Waals surface area (Å²) >= 11 is 0. The fourth-order valence-corrected chi connectivity index (χ4v) is 2.89. The number of carbonyl (C=O) groups excluding carboxylic acids is 1. The lowest BCUT2D eigenvalue weighted by molar-refractivity contribution is -0.126. The number of para-hydroxylation sites is 1. The van der Waals surface area contributed by atoms with Gasteiger partial charge in [0.2, 0.25) is 5.91 Å². The van der Waals surface area contributed by atoms with E-state index >= 15 is 0 Å². The standard InChI is InChI=1S/C16H24N2O3.ClH/c1-20-14-8-4-6-12(15(14)21-2)10-18-16(19)11-5-3-7-13(17)9-11;/h4,6,8,11,13H,3,5,7,9-10,17H2,1-2H3,(H,18,19);1H. The lowest BCUT2D eigenvalue weighted by Crippen LogP contribution is -2.37. The molecule has 5 nitrogen and oxygen atoms in total. The number of ether oxygens (including phenoxy) is 2. The van der Waals surface area contributed by atoms with Crippen molar-refractivity contribution in [1.29, 1.82) is 0 Å². The summed E-state index contributed by atoms with van der Waals surface area (Å²) in [6.45, 7) is 0.435. The second kappa shape index (κ2) is 8.86. The molecular weight excluding hydrogens is 304 g/mol. The highest BCUT2D eigenvalue weighted by molar-refractivity contribution is 5.85. The van der Waals surface area contributed by atoms with Crippen molar-refractivity contribution in [2.24, 2.45) is 11.7 Å². The molecule has 1 aromatic carbocycles. The predicted molar refractivity (Wildman–Crippen MR) is 88.6 cm³/mol. The molecular formula is C16H25ClN2O3. The van der Waals surface area contributed by atoms with Crippen molar-refractivity contribution in [2.45, 2.75) is 38.3 Å². The normalized spacial score (nSPS) is 20.7. The number of hydrogen-bond acceptors (Lipinski definition) is 4. The lowest BCUT2D eigenvalue weighted by Gasteiger charge is -2.25. The van der Waals surface area contributed by atoms with E-state index in [4.69, 9.17) is 15.2 Å². The minimum atomic E-state index is 0. The second-order valence-electron chi connectivity index (χ2n) is 5.49. The molecule has 0 radical (unpaired) electrons. The van der Waals surface area contributed by atoms with E-state index in [1.807, 2.05) is 18.2 Å². The molecule has 2 atom stereocenters. The highest BCUT2D eigenvalue weighted by atomic mass is 35.5. The summed E-state index contributed by atoms with van der Waals surface area (Å²) in [6.07, 6.45) is 3.76. The molecule has 3 N–H and O–H groups in total. The van der Waals surface area contributed by atoms with Gasteiger partial charge < -0.3 is 20.5 Å². The zero-order valence-corrected chi connectivity index (χ0v) is 13.9. The summed E-state index contributed by atoms with van der Waals surface area (Å²) in [5.74, 6) is 1.45. The summed E-state index contributed by atoms with van der Waals surface area (Å²) in [5.41, 5.74) is 6.84. The number of hydrogen-bond donors (Lipinski definition) is 2. The average molecular weight is 329 g/mol. The Hall–Kier alpha value is -1.46. The summed E-state index contributed by atoms with van der Waals surface area (Å²) in [6, 6.07) is 5.80. The molecule has 2 unspecified atom stereocenters. The van der Waals surface area contributed by atoms with E-state index in [9.17, 15) is 4.79 Å². The fraction of sp³-hybridized carbons (Fsp3) is 0.562. The second-order valence-corrected chi connectivity index (χ2v) is 5.49. The minimum Gasteiger partial charge on any atom is -0.493 e. The van der Waals surface area contributed by atoms with E-state index in [1.54, 1.807) is 14.2 Å². The highest BCUT2D eigenvalue weighted by Gasteiger charge is 2.25. The lowest BCUT2D eigenvalue weighted by atomic mass is 9.85. The first-order chi connectivity index (χ1) is 10.2. The molecule has 1 aromatic rings. The average Bonchev–Trinajstić information content (AvgIpc) is 2.51. The number of nitrogens with two attached hydrogens (primary N) is 1. The van der Waals surface area contributed by atoms with Crippen molar-refractivity contribution in [2.75, 3.05) is 14.2 Å². The number of nitrogens with one attached hydrogen (secondary N) is 1.